The molecule has 2 rings (SSSR count). The molecule has 19 heavy (non-hydrogen) atoms. The monoisotopic (exact) mass is 258 g/mol. The number of nitrogens with one attached hydrogen (secondary N) is 1. The van der Waals surface area contributed by atoms with E-state index in [1.165, 1.54) is 0 Å². The third kappa shape index (κ3) is 3.44. The maximum atomic E-state index is 12.1. The highest BCUT2D eigenvalue weighted by Gasteiger charge is 2.25. The van der Waals surface area contributed by atoms with Crippen LogP contribution in [0.1, 0.15) is 30.9 Å². The molecule has 0 spiro atoms. The quantitative estimate of drug-likeness (QED) is 0.807. The number of carbonyl (C=O) groups is 2. The normalized spacial score (nSPS) is 19.7. The van der Waals surface area contributed by atoms with Crippen molar-refractivity contribution in [3.8, 4) is 0 Å². The average Bonchev–Trinajstić information content (AvgIpc) is 2.46. The Hall–Kier alpha value is -2.10. The Labute approximate surface area is 112 Å². The van der Waals surface area contributed by atoms with Gasteiger partial charge in [-0.05, 0) is 24.8 Å². The minimum atomic E-state index is -0.750. The zero-order valence-electron chi connectivity index (χ0n) is 10.7. The van der Waals surface area contributed by atoms with Gasteiger partial charge in [-0.1, -0.05) is 42.5 Å². The van der Waals surface area contributed by atoms with Crippen LogP contribution >= 0.6 is 0 Å². The molecule has 1 aromatic carbocycles. The molecule has 4 nitrogen and oxygen atoms in total. The van der Waals surface area contributed by atoms with Gasteiger partial charge >= 0.3 is 0 Å². The van der Waals surface area contributed by atoms with E-state index in [0.29, 0.717) is 0 Å². The van der Waals surface area contributed by atoms with Crippen molar-refractivity contribution in [2.45, 2.75) is 25.3 Å². The van der Waals surface area contributed by atoms with Crippen LogP contribution in [0.2, 0.25) is 0 Å². The third-order valence-corrected chi connectivity index (χ3v) is 3.34. The van der Waals surface area contributed by atoms with Crippen LogP contribution in [-0.4, -0.2) is 11.8 Å². The van der Waals surface area contributed by atoms with Gasteiger partial charge in [-0.15, -0.1) is 0 Å². The Kier molecular flexibility index (Phi) is 4.34. The first kappa shape index (κ1) is 13.3. The van der Waals surface area contributed by atoms with Gasteiger partial charge in [0.05, 0.1) is 0 Å². The lowest BCUT2D eigenvalue weighted by Gasteiger charge is -2.21. The first-order chi connectivity index (χ1) is 9.18. The molecule has 0 aliphatic heterocycles. The van der Waals surface area contributed by atoms with Crippen LogP contribution < -0.4 is 11.1 Å². The van der Waals surface area contributed by atoms with Crippen molar-refractivity contribution in [1.29, 1.82) is 0 Å². The van der Waals surface area contributed by atoms with Crippen molar-refractivity contribution >= 4 is 11.8 Å². The average molecular weight is 258 g/mol. The zero-order valence-corrected chi connectivity index (χ0v) is 10.7. The first-order valence-corrected chi connectivity index (χ1v) is 6.48. The largest absolute Gasteiger partial charge is 0.368 e. The Bertz CT molecular complexity index is 482. The molecule has 0 bridgehead atoms. The topological polar surface area (TPSA) is 72.2 Å². The highest BCUT2D eigenvalue weighted by molar-refractivity contribution is 5.88. The summed E-state index contributed by atoms with van der Waals surface area (Å²) in [6.07, 6.45) is 6.54. The van der Waals surface area contributed by atoms with E-state index in [4.69, 9.17) is 5.73 Å². The molecule has 0 fully saturated rings. The summed E-state index contributed by atoms with van der Waals surface area (Å²) in [6, 6.07) is 8.32. The molecule has 0 saturated heterocycles. The van der Waals surface area contributed by atoms with E-state index in [1.54, 1.807) is 12.1 Å². The van der Waals surface area contributed by atoms with Gasteiger partial charge in [0, 0.05) is 5.92 Å². The van der Waals surface area contributed by atoms with Crippen LogP contribution in [0.25, 0.3) is 0 Å². The lowest BCUT2D eigenvalue weighted by Crippen LogP contribution is -2.40. The fourth-order valence-corrected chi connectivity index (χ4v) is 2.26. The van der Waals surface area contributed by atoms with Crippen molar-refractivity contribution in [1.82, 2.24) is 5.32 Å². The Morgan fingerprint density at radius 1 is 1.21 bits per heavy atom. The molecule has 4 heteroatoms. The van der Waals surface area contributed by atoms with Crippen molar-refractivity contribution in [3.63, 3.8) is 0 Å². The Balaban J connectivity index is 2.07. The molecule has 0 aromatic heterocycles. The molecule has 2 amide bonds. The van der Waals surface area contributed by atoms with Gasteiger partial charge in [0.15, 0.2) is 0 Å². The van der Waals surface area contributed by atoms with Gasteiger partial charge < -0.3 is 11.1 Å². The van der Waals surface area contributed by atoms with Crippen molar-refractivity contribution in [2.75, 3.05) is 0 Å². The molecular formula is C15H18N2O2. The Morgan fingerprint density at radius 2 is 1.95 bits per heavy atom. The predicted molar refractivity (Wildman–Crippen MR) is 73.0 cm³/mol. The summed E-state index contributed by atoms with van der Waals surface area (Å²) >= 11 is 0. The van der Waals surface area contributed by atoms with Crippen molar-refractivity contribution in [3.05, 3.63) is 48.0 Å². The smallest absolute Gasteiger partial charge is 0.244 e. The summed E-state index contributed by atoms with van der Waals surface area (Å²) in [4.78, 5) is 23.6. The highest BCUT2D eigenvalue weighted by Crippen LogP contribution is 2.20. The standard InChI is InChI=1S/C15H18N2O2/c16-14(18)13(11-7-3-1-4-8-11)17-15(19)12-9-5-2-6-10-12/h1-5,7-8,12-13H,6,9-10H2,(H2,16,18)(H,17,19)/t12-,13-/m1/s1. The van der Waals surface area contributed by atoms with E-state index >= 15 is 0 Å². The van der Waals surface area contributed by atoms with Crippen LogP contribution in [0.4, 0.5) is 0 Å². The fourth-order valence-electron chi connectivity index (χ4n) is 2.26. The number of nitrogens with two attached hydrogens (primary N) is 1. The lowest BCUT2D eigenvalue weighted by molar-refractivity contribution is -0.130. The van der Waals surface area contributed by atoms with Gasteiger partial charge in [0.1, 0.15) is 6.04 Å². The number of allylic oxidation sites excluding steroid dienone is 2. The summed E-state index contributed by atoms with van der Waals surface area (Å²) in [7, 11) is 0. The summed E-state index contributed by atoms with van der Waals surface area (Å²) in [6.45, 7) is 0. The second kappa shape index (κ2) is 6.18. The Morgan fingerprint density at radius 3 is 2.53 bits per heavy atom. The maximum absolute atomic E-state index is 12.1. The van der Waals surface area contributed by atoms with Crippen molar-refractivity contribution in [2.24, 2.45) is 11.7 Å². The van der Waals surface area contributed by atoms with Gasteiger partial charge in [0.2, 0.25) is 11.8 Å². The number of benzene rings is 1. The number of amides is 2. The minimum absolute atomic E-state index is 0.0597. The molecule has 0 radical (unpaired) electrons. The molecule has 0 saturated carbocycles. The highest BCUT2D eigenvalue weighted by atomic mass is 16.2. The predicted octanol–water partition coefficient (Wildman–Crippen LogP) is 1.69. The molecule has 2 atom stereocenters. The number of carbonyl (C=O) groups excluding carboxylic acids is 2. The van der Waals surface area contributed by atoms with Gasteiger partial charge in [-0.3, -0.25) is 9.59 Å². The summed E-state index contributed by atoms with van der Waals surface area (Å²) in [5.74, 6) is -0.696. The number of hydrogen-bond donors (Lipinski definition) is 2. The molecule has 1 aliphatic rings. The first-order valence-electron chi connectivity index (χ1n) is 6.48. The van der Waals surface area contributed by atoms with E-state index in [9.17, 15) is 9.59 Å². The van der Waals surface area contributed by atoms with E-state index in [-0.39, 0.29) is 11.8 Å². The fraction of sp³-hybridized carbons (Fsp3) is 0.333. The van der Waals surface area contributed by atoms with Gasteiger partial charge in [0.25, 0.3) is 0 Å². The second-order valence-electron chi connectivity index (χ2n) is 4.74. The van der Waals surface area contributed by atoms with Gasteiger partial charge in [-0.2, -0.15) is 0 Å². The van der Waals surface area contributed by atoms with Gasteiger partial charge in [-0.25, -0.2) is 0 Å². The van der Waals surface area contributed by atoms with Crippen LogP contribution in [0.5, 0.6) is 0 Å². The number of hydrogen-bond acceptors (Lipinski definition) is 2. The van der Waals surface area contributed by atoms with Crippen LogP contribution in [0, 0.1) is 5.92 Å². The summed E-state index contributed by atoms with van der Waals surface area (Å²) < 4.78 is 0. The van der Waals surface area contributed by atoms with Crippen LogP contribution in [-0.2, 0) is 9.59 Å². The third-order valence-electron chi connectivity index (χ3n) is 3.34. The van der Waals surface area contributed by atoms with E-state index < -0.39 is 11.9 Å². The lowest BCUT2D eigenvalue weighted by atomic mass is 9.93. The van der Waals surface area contributed by atoms with E-state index in [1.807, 2.05) is 24.3 Å². The van der Waals surface area contributed by atoms with E-state index in [0.717, 1.165) is 24.8 Å². The zero-order chi connectivity index (χ0) is 13.7. The number of primary amides is 1. The SMILES string of the molecule is NC(=O)[C@H](NC(=O)[C@@H]1CC=CCC1)c1ccccc1. The second-order valence-corrected chi connectivity index (χ2v) is 4.74. The molecule has 0 unspecified atom stereocenters. The maximum Gasteiger partial charge on any atom is 0.244 e. The van der Waals surface area contributed by atoms with E-state index in [2.05, 4.69) is 11.4 Å². The van der Waals surface area contributed by atoms with Crippen LogP contribution in [0.15, 0.2) is 42.5 Å². The van der Waals surface area contributed by atoms with Crippen molar-refractivity contribution < 1.29 is 9.59 Å². The molecule has 3 N–H and O–H groups in total. The number of rotatable bonds is 4. The molecule has 1 aromatic rings. The molecule has 100 valence electrons. The summed E-state index contributed by atoms with van der Waals surface area (Å²) in [5, 5.41) is 2.76. The minimum Gasteiger partial charge on any atom is -0.368 e. The summed E-state index contributed by atoms with van der Waals surface area (Å²) in [5.41, 5.74) is 6.10. The molecule has 1 aliphatic carbocycles. The molecular weight excluding hydrogens is 240 g/mol. The molecule has 0 heterocycles. The van der Waals surface area contributed by atoms with Crippen LogP contribution in [0.3, 0.4) is 0 Å².